The van der Waals surface area contributed by atoms with E-state index in [1.165, 1.54) is 0 Å². The summed E-state index contributed by atoms with van der Waals surface area (Å²) < 4.78 is 0. The lowest BCUT2D eigenvalue weighted by molar-refractivity contribution is 0.848. The van der Waals surface area contributed by atoms with Gasteiger partial charge in [0.2, 0.25) is 5.95 Å². The van der Waals surface area contributed by atoms with Crippen LogP contribution in [0.3, 0.4) is 0 Å². The number of anilines is 2. The summed E-state index contributed by atoms with van der Waals surface area (Å²) in [6.07, 6.45) is 0.471. The van der Waals surface area contributed by atoms with E-state index in [0.29, 0.717) is 18.1 Å². The van der Waals surface area contributed by atoms with Crippen LogP contribution in [0.1, 0.15) is 11.3 Å². The number of rotatable bonds is 4. The third-order valence-corrected chi connectivity index (χ3v) is 3.43. The molecule has 0 aliphatic heterocycles. The van der Waals surface area contributed by atoms with Crippen molar-refractivity contribution < 1.29 is 0 Å². The number of H-pyrrole nitrogens is 1. The van der Waals surface area contributed by atoms with Gasteiger partial charge in [0.1, 0.15) is 5.69 Å². The van der Waals surface area contributed by atoms with Crippen molar-refractivity contribution in [2.45, 2.75) is 6.42 Å². The van der Waals surface area contributed by atoms with E-state index < -0.39 is 0 Å². The van der Waals surface area contributed by atoms with Crippen molar-refractivity contribution in [2.75, 3.05) is 11.9 Å². The molecule has 0 unspecified atom stereocenters. The molecule has 110 valence electrons. The first-order chi connectivity index (χ1) is 10.7. The van der Waals surface area contributed by atoms with Crippen LogP contribution in [-0.4, -0.2) is 22.2 Å². The highest BCUT2D eigenvalue weighted by Crippen LogP contribution is 2.17. The maximum atomic E-state index is 12.2. The van der Waals surface area contributed by atoms with E-state index in [1.54, 1.807) is 4.90 Å². The molecule has 0 saturated heterocycles. The van der Waals surface area contributed by atoms with Gasteiger partial charge in [-0.05, 0) is 17.7 Å². The summed E-state index contributed by atoms with van der Waals surface area (Å²) in [7, 11) is 1.84. The zero-order valence-electron chi connectivity index (χ0n) is 12.2. The van der Waals surface area contributed by atoms with Crippen molar-refractivity contribution in [3.05, 3.63) is 82.3 Å². The molecule has 3 rings (SSSR count). The largest absolute Gasteiger partial charge is 0.314 e. The number of hydrogen-bond donors (Lipinski definition) is 1. The van der Waals surface area contributed by atoms with Crippen LogP contribution >= 0.6 is 0 Å². The molecule has 1 aromatic heterocycles. The van der Waals surface area contributed by atoms with E-state index in [1.807, 2.05) is 67.7 Å². The molecule has 1 heterocycles. The van der Waals surface area contributed by atoms with Crippen LogP contribution in [0.25, 0.3) is 0 Å². The second kappa shape index (κ2) is 6.22. The highest BCUT2D eigenvalue weighted by atomic mass is 16.1. The summed E-state index contributed by atoms with van der Waals surface area (Å²) >= 11 is 0. The van der Waals surface area contributed by atoms with E-state index in [-0.39, 0.29) is 5.56 Å². The fraction of sp³-hybridized carbons (Fsp3) is 0.118. The SMILES string of the molecule is CN(c1ccccc1)c1nnc(Cc2ccccc2)c(=O)[nH]1. The van der Waals surface area contributed by atoms with Gasteiger partial charge in [-0.2, -0.15) is 0 Å². The summed E-state index contributed by atoms with van der Waals surface area (Å²) in [6, 6.07) is 19.4. The van der Waals surface area contributed by atoms with Gasteiger partial charge >= 0.3 is 0 Å². The summed E-state index contributed by atoms with van der Waals surface area (Å²) in [5.74, 6) is 0.424. The maximum Gasteiger partial charge on any atom is 0.274 e. The van der Waals surface area contributed by atoms with Crippen LogP contribution in [0.15, 0.2) is 65.5 Å². The molecule has 2 aromatic carbocycles. The van der Waals surface area contributed by atoms with Gasteiger partial charge in [0.15, 0.2) is 0 Å². The molecule has 22 heavy (non-hydrogen) atoms. The average Bonchev–Trinajstić information content (AvgIpc) is 2.58. The van der Waals surface area contributed by atoms with Gasteiger partial charge in [-0.25, -0.2) is 0 Å². The van der Waals surface area contributed by atoms with Gasteiger partial charge < -0.3 is 4.90 Å². The molecule has 0 bridgehead atoms. The molecule has 0 fully saturated rings. The van der Waals surface area contributed by atoms with Crippen LogP contribution in [0.2, 0.25) is 0 Å². The normalized spacial score (nSPS) is 10.4. The van der Waals surface area contributed by atoms with Crippen LogP contribution in [0, 0.1) is 0 Å². The summed E-state index contributed by atoms with van der Waals surface area (Å²) in [4.78, 5) is 16.8. The Hall–Kier alpha value is -2.95. The lowest BCUT2D eigenvalue weighted by atomic mass is 10.1. The Kier molecular flexibility index (Phi) is 3.96. The fourth-order valence-corrected chi connectivity index (χ4v) is 2.18. The molecule has 5 heteroatoms. The molecule has 0 radical (unpaired) electrons. The molecule has 0 amide bonds. The molecule has 0 aliphatic rings. The van der Waals surface area contributed by atoms with Crippen LogP contribution < -0.4 is 10.5 Å². The molecule has 0 atom stereocenters. The van der Waals surface area contributed by atoms with Crippen molar-refractivity contribution in [3.8, 4) is 0 Å². The number of benzene rings is 2. The Morgan fingerprint density at radius 3 is 2.23 bits per heavy atom. The minimum Gasteiger partial charge on any atom is -0.314 e. The third kappa shape index (κ3) is 3.03. The third-order valence-electron chi connectivity index (χ3n) is 3.43. The lowest BCUT2D eigenvalue weighted by Crippen LogP contribution is -2.23. The van der Waals surface area contributed by atoms with E-state index in [0.717, 1.165) is 11.3 Å². The number of aromatic amines is 1. The first-order valence-electron chi connectivity index (χ1n) is 7.02. The van der Waals surface area contributed by atoms with Gasteiger partial charge in [-0.15, -0.1) is 10.2 Å². The van der Waals surface area contributed by atoms with Gasteiger partial charge in [-0.1, -0.05) is 48.5 Å². The van der Waals surface area contributed by atoms with Gasteiger partial charge in [-0.3, -0.25) is 9.78 Å². The molecule has 3 aromatic rings. The number of aromatic nitrogens is 3. The number of hydrogen-bond acceptors (Lipinski definition) is 4. The first kappa shape index (κ1) is 14.0. The zero-order valence-corrected chi connectivity index (χ0v) is 12.2. The molecule has 0 aliphatic carbocycles. The van der Waals surface area contributed by atoms with Gasteiger partial charge in [0.25, 0.3) is 5.56 Å². The minimum absolute atomic E-state index is 0.211. The Bertz CT molecular complexity index is 800. The molecule has 1 N–H and O–H groups in total. The monoisotopic (exact) mass is 292 g/mol. The van der Waals surface area contributed by atoms with Crippen molar-refractivity contribution in [1.29, 1.82) is 0 Å². The van der Waals surface area contributed by atoms with Crippen LogP contribution in [0.5, 0.6) is 0 Å². The summed E-state index contributed by atoms with van der Waals surface area (Å²) in [5.41, 5.74) is 2.17. The summed E-state index contributed by atoms with van der Waals surface area (Å²) in [5, 5.41) is 8.22. The Morgan fingerprint density at radius 1 is 0.955 bits per heavy atom. The van der Waals surface area contributed by atoms with Gasteiger partial charge in [0, 0.05) is 19.2 Å². The maximum absolute atomic E-state index is 12.2. The number of nitrogens with zero attached hydrogens (tertiary/aromatic N) is 3. The molecule has 0 saturated carbocycles. The first-order valence-corrected chi connectivity index (χ1v) is 7.02. The van der Waals surface area contributed by atoms with E-state index >= 15 is 0 Å². The number of nitrogens with one attached hydrogen (secondary N) is 1. The Labute approximate surface area is 128 Å². The molecule has 0 spiro atoms. The summed E-state index contributed by atoms with van der Waals surface area (Å²) in [6.45, 7) is 0. The average molecular weight is 292 g/mol. The highest BCUT2D eigenvalue weighted by Gasteiger charge is 2.10. The fourth-order valence-electron chi connectivity index (χ4n) is 2.18. The second-order valence-corrected chi connectivity index (χ2v) is 4.98. The molecular formula is C17H16N4O. The highest BCUT2D eigenvalue weighted by molar-refractivity contribution is 5.55. The predicted octanol–water partition coefficient (Wildman–Crippen LogP) is 2.52. The second-order valence-electron chi connectivity index (χ2n) is 4.98. The van der Waals surface area contributed by atoms with Gasteiger partial charge in [0.05, 0.1) is 0 Å². The van der Waals surface area contributed by atoms with Crippen molar-refractivity contribution in [2.24, 2.45) is 0 Å². The predicted molar refractivity (Wildman–Crippen MR) is 86.4 cm³/mol. The number of para-hydroxylation sites is 1. The van der Waals surface area contributed by atoms with E-state index in [2.05, 4.69) is 15.2 Å². The van der Waals surface area contributed by atoms with Crippen LogP contribution in [-0.2, 0) is 6.42 Å². The Morgan fingerprint density at radius 2 is 1.59 bits per heavy atom. The smallest absolute Gasteiger partial charge is 0.274 e. The Balaban J connectivity index is 1.85. The van der Waals surface area contributed by atoms with Crippen molar-refractivity contribution >= 4 is 11.6 Å². The van der Waals surface area contributed by atoms with E-state index in [9.17, 15) is 4.79 Å². The lowest BCUT2D eigenvalue weighted by Gasteiger charge is -2.16. The topological polar surface area (TPSA) is 61.9 Å². The van der Waals surface area contributed by atoms with Crippen molar-refractivity contribution in [1.82, 2.24) is 15.2 Å². The van der Waals surface area contributed by atoms with Crippen LogP contribution in [0.4, 0.5) is 11.6 Å². The zero-order chi connectivity index (χ0) is 15.4. The standard InChI is InChI=1S/C17H16N4O/c1-21(14-10-6-3-7-11-14)17-18-16(22)15(19-20-17)12-13-8-4-2-5-9-13/h2-11H,12H2,1H3,(H,18,20,22). The quantitative estimate of drug-likeness (QED) is 0.802. The molecular weight excluding hydrogens is 276 g/mol. The van der Waals surface area contributed by atoms with E-state index in [4.69, 9.17) is 0 Å². The van der Waals surface area contributed by atoms with Crippen molar-refractivity contribution in [3.63, 3.8) is 0 Å². The minimum atomic E-state index is -0.211. The molecule has 5 nitrogen and oxygen atoms in total.